The maximum atomic E-state index is 13.5. The number of rotatable bonds is 6. The zero-order valence-corrected chi connectivity index (χ0v) is 19.9. The molecule has 6 nitrogen and oxygen atoms in total. The molecule has 4 aromatic rings. The second-order valence-electron chi connectivity index (χ2n) is 9.65. The fourth-order valence-corrected chi connectivity index (χ4v) is 4.79. The summed E-state index contributed by atoms with van der Waals surface area (Å²) >= 11 is 0. The summed E-state index contributed by atoms with van der Waals surface area (Å²) in [7, 11) is 0. The quantitative estimate of drug-likeness (QED) is 0.323. The lowest BCUT2D eigenvalue weighted by Crippen LogP contribution is -2.30. The van der Waals surface area contributed by atoms with Crippen molar-refractivity contribution in [1.29, 1.82) is 0 Å². The molecule has 2 heterocycles. The molecule has 0 radical (unpaired) electrons. The summed E-state index contributed by atoms with van der Waals surface area (Å²) in [6.07, 6.45) is 3.88. The Morgan fingerprint density at radius 3 is 2.65 bits per heavy atom. The average molecular weight is 456 g/mol. The van der Waals surface area contributed by atoms with Crippen LogP contribution in [0.25, 0.3) is 22.4 Å². The highest BCUT2D eigenvalue weighted by Crippen LogP contribution is 2.41. The first kappa shape index (κ1) is 22.3. The van der Waals surface area contributed by atoms with E-state index >= 15 is 0 Å². The van der Waals surface area contributed by atoms with Gasteiger partial charge in [0.05, 0.1) is 11.1 Å². The van der Waals surface area contributed by atoms with Gasteiger partial charge in [0.15, 0.2) is 6.61 Å². The summed E-state index contributed by atoms with van der Waals surface area (Å²) < 4.78 is 11.4. The lowest BCUT2D eigenvalue weighted by Gasteiger charge is -2.37. The third kappa shape index (κ3) is 4.20. The topological polar surface area (TPSA) is 78.1 Å². The summed E-state index contributed by atoms with van der Waals surface area (Å²) in [6.45, 7) is 6.79. The van der Waals surface area contributed by atoms with Crippen LogP contribution in [0, 0.1) is 11.3 Å². The minimum Gasteiger partial charge on any atom is -0.452 e. The first-order valence-corrected chi connectivity index (χ1v) is 11.9. The molecule has 0 unspecified atom stereocenters. The highest BCUT2D eigenvalue weighted by Gasteiger charge is 2.34. The summed E-state index contributed by atoms with van der Waals surface area (Å²) in [5.41, 5.74) is 4.51. The molecule has 174 valence electrons. The molecule has 1 aliphatic carbocycles. The van der Waals surface area contributed by atoms with Crippen LogP contribution in [0.3, 0.4) is 0 Å². The molecule has 0 amide bonds. The van der Waals surface area contributed by atoms with Crippen LogP contribution in [0.2, 0.25) is 0 Å². The van der Waals surface area contributed by atoms with E-state index in [2.05, 4.69) is 31.0 Å². The van der Waals surface area contributed by atoms with E-state index in [1.807, 2.05) is 54.6 Å². The zero-order chi connectivity index (χ0) is 23.7. The van der Waals surface area contributed by atoms with Gasteiger partial charge in [0.2, 0.25) is 5.89 Å². The summed E-state index contributed by atoms with van der Waals surface area (Å²) in [6, 6.07) is 17.3. The Balaban J connectivity index is 1.44. The average Bonchev–Trinajstić information content (AvgIpc) is 3.35. The van der Waals surface area contributed by atoms with Crippen molar-refractivity contribution in [2.24, 2.45) is 11.3 Å². The number of ether oxygens (including phenoxy) is 1. The van der Waals surface area contributed by atoms with Crippen LogP contribution < -0.4 is 0 Å². The second kappa shape index (κ2) is 9.01. The van der Waals surface area contributed by atoms with E-state index in [1.54, 1.807) is 0 Å². The Labute approximate surface area is 199 Å². The highest BCUT2D eigenvalue weighted by atomic mass is 16.5. The van der Waals surface area contributed by atoms with Gasteiger partial charge >= 0.3 is 5.97 Å². The van der Waals surface area contributed by atoms with Crippen LogP contribution in [-0.4, -0.2) is 21.2 Å². The van der Waals surface area contributed by atoms with Crippen molar-refractivity contribution in [1.82, 2.24) is 15.2 Å². The van der Waals surface area contributed by atoms with E-state index in [-0.39, 0.29) is 23.9 Å². The number of hydrogen-bond donors (Lipinski definition) is 0. The molecule has 1 aliphatic rings. The number of aromatic nitrogens is 3. The number of carbonyl (C=O) groups excluding carboxylic acids is 1. The van der Waals surface area contributed by atoms with Gasteiger partial charge in [0.25, 0.3) is 5.89 Å². The number of pyridine rings is 1. The number of para-hydroxylation sites is 1. The first-order valence-electron chi connectivity index (χ1n) is 11.9. The molecule has 34 heavy (non-hydrogen) atoms. The van der Waals surface area contributed by atoms with Gasteiger partial charge in [-0.15, -0.1) is 10.2 Å². The number of benzene rings is 2. The SMILES string of the molecule is CCC(C)(C)[C@H]1CCc2nc3ccccc3c(C(=O)OCc3nnc(-c4ccccc4)o3)c2C1. The molecule has 5 rings (SSSR count). The third-order valence-corrected chi connectivity index (χ3v) is 7.29. The van der Waals surface area contributed by atoms with E-state index in [4.69, 9.17) is 14.1 Å². The van der Waals surface area contributed by atoms with Crippen molar-refractivity contribution in [3.63, 3.8) is 0 Å². The predicted octanol–water partition coefficient (Wildman–Crippen LogP) is 6.18. The van der Waals surface area contributed by atoms with Gasteiger partial charge in [-0.25, -0.2) is 4.79 Å². The Bertz CT molecular complexity index is 1330. The Kier molecular flexibility index (Phi) is 5.90. The van der Waals surface area contributed by atoms with E-state index < -0.39 is 0 Å². The fourth-order valence-electron chi connectivity index (χ4n) is 4.79. The minimum atomic E-state index is -0.371. The number of esters is 1. The Hall–Kier alpha value is -3.54. The van der Waals surface area contributed by atoms with Crippen molar-refractivity contribution in [2.45, 2.75) is 53.1 Å². The van der Waals surface area contributed by atoms with Crippen molar-refractivity contribution in [3.05, 3.63) is 77.3 Å². The second-order valence-corrected chi connectivity index (χ2v) is 9.65. The number of carbonyl (C=O) groups is 1. The van der Waals surface area contributed by atoms with E-state index in [1.165, 1.54) is 0 Å². The smallest absolute Gasteiger partial charge is 0.339 e. The largest absolute Gasteiger partial charge is 0.452 e. The van der Waals surface area contributed by atoms with Crippen LogP contribution in [-0.2, 0) is 24.2 Å². The number of aryl methyl sites for hydroxylation is 1. The summed E-state index contributed by atoms with van der Waals surface area (Å²) in [4.78, 5) is 18.4. The van der Waals surface area contributed by atoms with Crippen LogP contribution in [0.4, 0.5) is 0 Å². The molecule has 2 aromatic heterocycles. The molecule has 6 heteroatoms. The number of nitrogens with zero attached hydrogens (tertiary/aromatic N) is 3. The molecule has 0 saturated carbocycles. The zero-order valence-electron chi connectivity index (χ0n) is 19.9. The van der Waals surface area contributed by atoms with Crippen LogP contribution in [0.1, 0.15) is 61.1 Å². The molecule has 0 aliphatic heterocycles. The summed E-state index contributed by atoms with van der Waals surface area (Å²) in [5.74, 6) is 0.792. The highest BCUT2D eigenvalue weighted by molar-refractivity contribution is 6.05. The van der Waals surface area contributed by atoms with Gasteiger partial charge in [-0.3, -0.25) is 4.98 Å². The standard InChI is InChI=1S/C28H29N3O3/c1-4-28(2,3)19-14-15-23-21(16-19)25(20-12-8-9-13-22(20)29-23)27(32)33-17-24-30-31-26(34-24)18-10-6-5-7-11-18/h5-13,19H,4,14-17H2,1-3H3/t19-/m0/s1. The van der Waals surface area contributed by atoms with E-state index in [0.29, 0.717) is 17.4 Å². The van der Waals surface area contributed by atoms with Gasteiger partial charge in [-0.05, 0) is 54.4 Å². The number of hydrogen-bond acceptors (Lipinski definition) is 6. The third-order valence-electron chi connectivity index (χ3n) is 7.29. The first-order chi connectivity index (χ1) is 16.5. The van der Waals surface area contributed by atoms with Crippen LogP contribution in [0.15, 0.2) is 59.0 Å². The Morgan fingerprint density at radius 2 is 1.85 bits per heavy atom. The lowest BCUT2D eigenvalue weighted by molar-refractivity contribution is 0.0438. The van der Waals surface area contributed by atoms with E-state index in [9.17, 15) is 4.79 Å². The molecule has 1 atom stereocenters. The predicted molar refractivity (Wildman–Crippen MR) is 130 cm³/mol. The van der Waals surface area contributed by atoms with Crippen LogP contribution in [0.5, 0.6) is 0 Å². The van der Waals surface area contributed by atoms with Gasteiger partial charge in [0, 0.05) is 16.6 Å². The fraction of sp³-hybridized carbons (Fsp3) is 0.357. The Morgan fingerprint density at radius 1 is 1.09 bits per heavy atom. The van der Waals surface area contributed by atoms with Gasteiger partial charge < -0.3 is 9.15 Å². The maximum absolute atomic E-state index is 13.5. The van der Waals surface area contributed by atoms with Crippen molar-refractivity contribution >= 4 is 16.9 Å². The van der Waals surface area contributed by atoms with Crippen molar-refractivity contribution in [2.75, 3.05) is 0 Å². The minimum absolute atomic E-state index is 0.0754. The molecule has 0 fully saturated rings. The van der Waals surface area contributed by atoms with E-state index in [0.717, 1.165) is 53.4 Å². The molecule has 0 N–H and O–H groups in total. The lowest BCUT2D eigenvalue weighted by atomic mass is 9.68. The van der Waals surface area contributed by atoms with Gasteiger partial charge in [-0.1, -0.05) is 63.6 Å². The van der Waals surface area contributed by atoms with Crippen LogP contribution >= 0.6 is 0 Å². The molecular weight excluding hydrogens is 426 g/mol. The number of fused-ring (bicyclic) bond motifs is 2. The molecular formula is C28H29N3O3. The van der Waals surface area contributed by atoms with Gasteiger partial charge in [0.1, 0.15) is 0 Å². The molecule has 0 bridgehead atoms. The van der Waals surface area contributed by atoms with Crippen molar-refractivity contribution < 1.29 is 13.9 Å². The van der Waals surface area contributed by atoms with Gasteiger partial charge in [-0.2, -0.15) is 0 Å². The molecule has 2 aromatic carbocycles. The summed E-state index contributed by atoms with van der Waals surface area (Å²) in [5, 5.41) is 8.97. The monoisotopic (exact) mass is 455 g/mol. The van der Waals surface area contributed by atoms with Crippen molar-refractivity contribution in [3.8, 4) is 11.5 Å². The normalized spacial score (nSPS) is 15.8. The molecule has 0 saturated heterocycles. The molecule has 0 spiro atoms. The maximum Gasteiger partial charge on any atom is 0.339 e.